The minimum absolute atomic E-state index is 0.117. The molecule has 0 radical (unpaired) electrons. The summed E-state index contributed by atoms with van der Waals surface area (Å²) in [4.78, 5) is 28.2. The lowest BCUT2D eigenvalue weighted by Crippen LogP contribution is -2.57. The first-order valence-corrected chi connectivity index (χ1v) is 8.66. The minimum atomic E-state index is -4.49. The Kier molecular flexibility index (Phi) is 5.31. The lowest BCUT2D eigenvalue weighted by atomic mass is 10.1. The van der Waals surface area contributed by atoms with Crippen LogP contribution in [0.1, 0.15) is 22.8 Å². The van der Waals surface area contributed by atoms with E-state index in [2.05, 4.69) is 0 Å². The Labute approximate surface area is 160 Å². The minimum Gasteiger partial charge on any atom is -0.497 e. The van der Waals surface area contributed by atoms with Crippen LogP contribution in [-0.4, -0.2) is 43.0 Å². The van der Waals surface area contributed by atoms with E-state index in [-0.39, 0.29) is 24.7 Å². The maximum atomic E-state index is 13.0. The lowest BCUT2D eigenvalue weighted by molar-refractivity contribution is -0.137. The van der Waals surface area contributed by atoms with Gasteiger partial charge in [0.05, 0.1) is 12.7 Å². The molecule has 1 fully saturated rings. The molecule has 1 aliphatic rings. The fraction of sp³-hybridized carbons (Fsp3) is 0.300. The first-order valence-electron chi connectivity index (χ1n) is 8.66. The van der Waals surface area contributed by atoms with E-state index in [1.54, 1.807) is 31.2 Å². The quantitative estimate of drug-likeness (QED) is 0.802. The summed E-state index contributed by atoms with van der Waals surface area (Å²) >= 11 is 0. The first-order chi connectivity index (χ1) is 13.2. The van der Waals surface area contributed by atoms with Crippen molar-refractivity contribution < 1.29 is 27.5 Å². The van der Waals surface area contributed by atoms with E-state index >= 15 is 0 Å². The first kappa shape index (κ1) is 19.7. The van der Waals surface area contributed by atoms with E-state index in [4.69, 9.17) is 4.74 Å². The number of ether oxygens (including phenoxy) is 1. The smallest absolute Gasteiger partial charge is 0.416 e. The van der Waals surface area contributed by atoms with Gasteiger partial charge in [0.25, 0.3) is 5.91 Å². The number of rotatable bonds is 3. The van der Waals surface area contributed by atoms with Gasteiger partial charge in [0.2, 0.25) is 5.91 Å². The highest BCUT2D eigenvalue weighted by molar-refractivity contribution is 6.03. The maximum Gasteiger partial charge on any atom is 0.416 e. The molecule has 148 valence electrons. The average Bonchev–Trinajstić information content (AvgIpc) is 2.69. The van der Waals surface area contributed by atoms with Crippen molar-refractivity contribution in [2.45, 2.75) is 19.1 Å². The van der Waals surface area contributed by atoms with Crippen LogP contribution in [-0.2, 0) is 11.0 Å². The van der Waals surface area contributed by atoms with Gasteiger partial charge < -0.3 is 14.5 Å². The van der Waals surface area contributed by atoms with Crippen LogP contribution in [0.15, 0.2) is 48.5 Å². The second kappa shape index (κ2) is 7.53. The van der Waals surface area contributed by atoms with E-state index in [1.807, 2.05) is 0 Å². The molecule has 0 aliphatic carbocycles. The summed E-state index contributed by atoms with van der Waals surface area (Å²) in [6.45, 7) is 1.91. The summed E-state index contributed by atoms with van der Waals surface area (Å²) in [7, 11) is 1.52. The van der Waals surface area contributed by atoms with Crippen LogP contribution in [0.2, 0.25) is 0 Å². The standard InChI is InChI=1S/C20H19F3N2O3/c1-13-18(26)25(16-5-3-4-15(12-16)20(21,22)23)11-10-24(13)19(27)14-6-8-17(28-2)9-7-14/h3-9,12-13H,10-11H2,1-2H3/t13-/m0/s1. The van der Waals surface area contributed by atoms with Crippen molar-refractivity contribution in [3.63, 3.8) is 0 Å². The molecule has 0 N–H and O–H groups in total. The lowest BCUT2D eigenvalue weighted by Gasteiger charge is -2.39. The van der Waals surface area contributed by atoms with Gasteiger partial charge in [-0.25, -0.2) is 0 Å². The molecule has 1 saturated heterocycles. The molecule has 2 aromatic carbocycles. The molecule has 2 aromatic rings. The van der Waals surface area contributed by atoms with E-state index < -0.39 is 23.7 Å². The number of hydrogen-bond acceptors (Lipinski definition) is 3. The fourth-order valence-corrected chi connectivity index (χ4v) is 3.15. The van der Waals surface area contributed by atoms with Crippen molar-refractivity contribution in [3.05, 3.63) is 59.7 Å². The number of anilines is 1. The molecule has 1 aliphatic heterocycles. The molecule has 0 unspecified atom stereocenters. The number of methoxy groups -OCH3 is 1. The van der Waals surface area contributed by atoms with Crippen molar-refractivity contribution in [3.8, 4) is 5.75 Å². The summed E-state index contributed by atoms with van der Waals surface area (Å²) in [6.07, 6.45) is -4.49. The van der Waals surface area contributed by atoms with Gasteiger partial charge in [-0.2, -0.15) is 13.2 Å². The Morgan fingerprint density at radius 2 is 1.79 bits per heavy atom. The number of carbonyl (C=O) groups is 2. The van der Waals surface area contributed by atoms with Crippen molar-refractivity contribution in [1.29, 1.82) is 0 Å². The molecule has 8 heteroatoms. The molecule has 28 heavy (non-hydrogen) atoms. The van der Waals surface area contributed by atoms with Crippen LogP contribution >= 0.6 is 0 Å². The van der Waals surface area contributed by atoms with Gasteiger partial charge >= 0.3 is 6.18 Å². The van der Waals surface area contributed by atoms with Gasteiger partial charge in [0, 0.05) is 24.3 Å². The molecule has 1 atom stereocenters. The number of piperazine rings is 1. The second-order valence-electron chi connectivity index (χ2n) is 6.44. The fourth-order valence-electron chi connectivity index (χ4n) is 3.15. The van der Waals surface area contributed by atoms with E-state index in [0.29, 0.717) is 11.3 Å². The summed E-state index contributed by atoms with van der Waals surface area (Å²) < 4.78 is 43.9. The van der Waals surface area contributed by atoms with Crippen LogP contribution < -0.4 is 9.64 Å². The van der Waals surface area contributed by atoms with Gasteiger partial charge in [-0.3, -0.25) is 9.59 Å². The van der Waals surface area contributed by atoms with Crippen molar-refractivity contribution in [2.75, 3.05) is 25.1 Å². The molecule has 0 aromatic heterocycles. The second-order valence-corrected chi connectivity index (χ2v) is 6.44. The van der Waals surface area contributed by atoms with Crippen LogP contribution in [0.5, 0.6) is 5.75 Å². The monoisotopic (exact) mass is 392 g/mol. The largest absolute Gasteiger partial charge is 0.497 e. The van der Waals surface area contributed by atoms with Gasteiger partial charge in [0.15, 0.2) is 0 Å². The summed E-state index contributed by atoms with van der Waals surface area (Å²) in [5.74, 6) is -0.130. The number of carbonyl (C=O) groups excluding carboxylic acids is 2. The molecule has 0 bridgehead atoms. The molecule has 0 spiro atoms. The number of benzene rings is 2. The summed E-state index contributed by atoms with van der Waals surface area (Å²) in [5, 5.41) is 0. The van der Waals surface area contributed by atoms with Gasteiger partial charge in [-0.15, -0.1) is 0 Å². The van der Waals surface area contributed by atoms with Gasteiger partial charge in [-0.05, 0) is 49.4 Å². The Morgan fingerprint density at radius 1 is 1.11 bits per heavy atom. The summed E-state index contributed by atoms with van der Waals surface area (Å²) in [6, 6.07) is 10.4. The zero-order valence-electron chi connectivity index (χ0n) is 15.4. The average molecular weight is 392 g/mol. The third-order valence-electron chi connectivity index (χ3n) is 4.74. The predicted octanol–water partition coefficient (Wildman–Crippen LogP) is 3.59. The third kappa shape index (κ3) is 3.81. The number of amides is 2. The highest BCUT2D eigenvalue weighted by Gasteiger charge is 2.36. The number of halogens is 3. The molecule has 2 amide bonds. The Morgan fingerprint density at radius 3 is 2.39 bits per heavy atom. The molecular weight excluding hydrogens is 373 g/mol. The number of nitrogens with zero attached hydrogens (tertiary/aromatic N) is 2. The van der Waals surface area contributed by atoms with E-state index in [0.717, 1.165) is 12.1 Å². The SMILES string of the molecule is COc1ccc(C(=O)N2CCN(c3cccc(C(F)(F)F)c3)C(=O)[C@@H]2C)cc1. The molecule has 0 saturated carbocycles. The normalized spacial score (nSPS) is 17.6. The topological polar surface area (TPSA) is 49.9 Å². The zero-order chi connectivity index (χ0) is 20.5. The van der Waals surface area contributed by atoms with Crippen LogP contribution in [0.3, 0.4) is 0 Å². The Bertz CT molecular complexity index is 881. The van der Waals surface area contributed by atoms with Crippen LogP contribution in [0, 0.1) is 0 Å². The Balaban J connectivity index is 1.79. The van der Waals surface area contributed by atoms with E-state index in [1.165, 1.54) is 29.0 Å². The molecule has 5 nitrogen and oxygen atoms in total. The third-order valence-corrected chi connectivity index (χ3v) is 4.74. The predicted molar refractivity (Wildman–Crippen MR) is 97.3 cm³/mol. The Hall–Kier alpha value is -3.03. The van der Waals surface area contributed by atoms with Crippen molar-refractivity contribution in [2.24, 2.45) is 0 Å². The molecule has 1 heterocycles. The van der Waals surface area contributed by atoms with Crippen LogP contribution in [0.25, 0.3) is 0 Å². The molecule has 3 rings (SSSR count). The van der Waals surface area contributed by atoms with Crippen LogP contribution in [0.4, 0.5) is 18.9 Å². The van der Waals surface area contributed by atoms with Crippen molar-refractivity contribution in [1.82, 2.24) is 4.90 Å². The van der Waals surface area contributed by atoms with Crippen molar-refractivity contribution >= 4 is 17.5 Å². The number of hydrogen-bond donors (Lipinski definition) is 0. The van der Waals surface area contributed by atoms with E-state index in [9.17, 15) is 22.8 Å². The highest BCUT2D eigenvalue weighted by atomic mass is 19.4. The zero-order valence-corrected chi connectivity index (χ0v) is 15.4. The molecular formula is C20H19F3N2O3. The number of alkyl halides is 3. The van der Waals surface area contributed by atoms with Gasteiger partial charge in [-0.1, -0.05) is 6.07 Å². The highest BCUT2D eigenvalue weighted by Crippen LogP contribution is 2.32. The summed E-state index contributed by atoms with van der Waals surface area (Å²) in [5.41, 5.74) is -0.238. The maximum absolute atomic E-state index is 13.0. The van der Waals surface area contributed by atoms with Gasteiger partial charge in [0.1, 0.15) is 11.8 Å².